The predicted octanol–water partition coefficient (Wildman–Crippen LogP) is 4.20. The summed E-state index contributed by atoms with van der Waals surface area (Å²) >= 11 is 1.88. The molecule has 2 heterocycles. The van der Waals surface area contributed by atoms with Crippen molar-refractivity contribution in [1.29, 1.82) is 0 Å². The van der Waals surface area contributed by atoms with Gasteiger partial charge in [0.25, 0.3) is 5.91 Å². The molecular weight excluding hydrogens is 334 g/mol. The van der Waals surface area contributed by atoms with Gasteiger partial charge in [-0.15, -0.1) is 0 Å². The average Bonchev–Trinajstić information content (AvgIpc) is 3.15. The van der Waals surface area contributed by atoms with Crippen molar-refractivity contribution >= 4 is 28.4 Å². The molecule has 1 aliphatic heterocycles. The lowest BCUT2D eigenvalue weighted by Gasteiger charge is -2.25. The Labute approximate surface area is 150 Å². The highest BCUT2D eigenvalue weighted by Gasteiger charge is 2.21. The molecule has 128 valence electrons. The van der Waals surface area contributed by atoms with Crippen molar-refractivity contribution in [2.75, 3.05) is 24.6 Å². The van der Waals surface area contributed by atoms with Crippen molar-refractivity contribution in [1.82, 2.24) is 4.90 Å². The Balaban J connectivity index is 1.41. The normalized spacial score (nSPS) is 14.6. The number of rotatable bonds is 4. The van der Waals surface area contributed by atoms with Gasteiger partial charge in [0.2, 0.25) is 0 Å². The summed E-state index contributed by atoms with van der Waals surface area (Å²) < 4.78 is 11.5. The molecule has 1 aliphatic rings. The Morgan fingerprint density at radius 3 is 2.68 bits per heavy atom. The van der Waals surface area contributed by atoms with E-state index in [9.17, 15) is 4.79 Å². The minimum absolute atomic E-state index is 0.0303. The lowest BCUT2D eigenvalue weighted by atomic mass is 10.1. The van der Waals surface area contributed by atoms with Crippen molar-refractivity contribution in [3.63, 3.8) is 0 Å². The predicted molar refractivity (Wildman–Crippen MR) is 100 cm³/mol. The molecule has 0 spiro atoms. The van der Waals surface area contributed by atoms with Crippen LogP contribution in [0.15, 0.2) is 59.0 Å². The zero-order valence-electron chi connectivity index (χ0n) is 13.8. The van der Waals surface area contributed by atoms with Gasteiger partial charge in [0.05, 0.1) is 0 Å². The van der Waals surface area contributed by atoms with Crippen LogP contribution < -0.4 is 4.74 Å². The number of nitrogens with zero attached hydrogens (tertiary/aromatic N) is 1. The average molecular weight is 353 g/mol. The van der Waals surface area contributed by atoms with E-state index in [4.69, 9.17) is 9.15 Å². The lowest BCUT2D eigenvalue weighted by Crippen LogP contribution is -2.37. The SMILES string of the molecule is O=C(c1ccc(COc2ccc3ccccc3c2)o1)N1CCSCC1. The number of hydrogen-bond acceptors (Lipinski definition) is 4. The standard InChI is InChI=1S/C20H19NO3S/c22-20(21-9-11-25-12-10-21)19-8-7-18(24-19)14-23-17-6-5-15-3-1-2-4-16(15)13-17/h1-8,13H,9-12,14H2. The smallest absolute Gasteiger partial charge is 0.289 e. The summed E-state index contributed by atoms with van der Waals surface area (Å²) in [6.45, 7) is 1.88. The summed E-state index contributed by atoms with van der Waals surface area (Å²) in [6.07, 6.45) is 0. The third kappa shape index (κ3) is 3.66. The first-order valence-electron chi connectivity index (χ1n) is 8.37. The summed E-state index contributed by atoms with van der Waals surface area (Å²) in [6, 6.07) is 17.7. The van der Waals surface area contributed by atoms with E-state index in [1.54, 1.807) is 6.07 Å². The summed E-state index contributed by atoms with van der Waals surface area (Å²) in [5.74, 6) is 3.79. The molecule has 0 atom stereocenters. The second-order valence-corrected chi connectivity index (χ2v) is 7.19. The molecule has 1 saturated heterocycles. The maximum absolute atomic E-state index is 12.4. The number of carbonyl (C=O) groups is 1. The first-order chi connectivity index (χ1) is 12.3. The van der Waals surface area contributed by atoms with E-state index in [1.807, 2.05) is 53.1 Å². The van der Waals surface area contributed by atoms with Crippen molar-refractivity contribution in [2.45, 2.75) is 6.61 Å². The molecule has 25 heavy (non-hydrogen) atoms. The quantitative estimate of drug-likeness (QED) is 0.705. The molecule has 4 rings (SSSR count). The molecule has 0 bridgehead atoms. The Morgan fingerprint density at radius 1 is 1.04 bits per heavy atom. The summed E-state index contributed by atoms with van der Waals surface area (Å²) in [4.78, 5) is 14.3. The number of carbonyl (C=O) groups excluding carboxylic acids is 1. The molecule has 0 saturated carbocycles. The van der Waals surface area contributed by atoms with Crippen LogP contribution in [-0.2, 0) is 6.61 Å². The van der Waals surface area contributed by atoms with Crippen LogP contribution in [0.5, 0.6) is 5.75 Å². The number of benzene rings is 2. The van der Waals surface area contributed by atoms with Crippen molar-refractivity contribution in [3.8, 4) is 5.75 Å². The van der Waals surface area contributed by atoms with E-state index in [0.29, 0.717) is 18.1 Å². The van der Waals surface area contributed by atoms with E-state index in [0.717, 1.165) is 35.7 Å². The van der Waals surface area contributed by atoms with Crippen molar-refractivity contribution in [2.24, 2.45) is 0 Å². The maximum atomic E-state index is 12.4. The fraction of sp³-hybridized carbons (Fsp3) is 0.250. The number of amides is 1. The lowest BCUT2D eigenvalue weighted by molar-refractivity contribution is 0.0736. The summed E-state index contributed by atoms with van der Waals surface area (Å²) in [5.41, 5.74) is 0. The maximum Gasteiger partial charge on any atom is 0.289 e. The minimum Gasteiger partial charge on any atom is -0.486 e. The third-order valence-electron chi connectivity index (χ3n) is 4.27. The van der Waals surface area contributed by atoms with Crippen LogP contribution >= 0.6 is 11.8 Å². The van der Waals surface area contributed by atoms with Crippen LogP contribution in [0, 0.1) is 0 Å². The van der Waals surface area contributed by atoms with E-state index in [-0.39, 0.29) is 5.91 Å². The Morgan fingerprint density at radius 2 is 1.84 bits per heavy atom. The molecule has 3 aromatic rings. The first-order valence-corrected chi connectivity index (χ1v) is 9.52. The largest absolute Gasteiger partial charge is 0.486 e. The van der Waals surface area contributed by atoms with Gasteiger partial charge in [-0.25, -0.2) is 0 Å². The van der Waals surface area contributed by atoms with Gasteiger partial charge in [-0.05, 0) is 35.0 Å². The molecule has 1 aromatic heterocycles. The molecular formula is C20H19NO3S. The second-order valence-electron chi connectivity index (χ2n) is 5.97. The first kappa shape index (κ1) is 16.1. The molecule has 1 amide bonds. The molecule has 0 radical (unpaired) electrons. The van der Waals surface area contributed by atoms with Gasteiger partial charge in [0.1, 0.15) is 18.1 Å². The molecule has 0 N–H and O–H groups in total. The van der Waals surface area contributed by atoms with Crippen LogP contribution in [0.1, 0.15) is 16.3 Å². The molecule has 1 fully saturated rings. The van der Waals surface area contributed by atoms with E-state index >= 15 is 0 Å². The van der Waals surface area contributed by atoms with E-state index < -0.39 is 0 Å². The topological polar surface area (TPSA) is 42.7 Å². The van der Waals surface area contributed by atoms with Gasteiger partial charge in [-0.3, -0.25) is 4.79 Å². The van der Waals surface area contributed by atoms with E-state index in [1.165, 1.54) is 5.39 Å². The summed E-state index contributed by atoms with van der Waals surface area (Å²) in [7, 11) is 0. The highest BCUT2D eigenvalue weighted by molar-refractivity contribution is 7.99. The van der Waals surface area contributed by atoms with Gasteiger partial charge < -0.3 is 14.1 Å². The van der Waals surface area contributed by atoms with Gasteiger partial charge in [0, 0.05) is 24.6 Å². The Kier molecular flexibility index (Phi) is 4.65. The molecule has 5 heteroatoms. The number of ether oxygens (including phenoxy) is 1. The third-order valence-corrected chi connectivity index (χ3v) is 5.22. The number of fused-ring (bicyclic) bond motifs is 1. The molecule has 4 nitrogen and oxygen atoms in total. The number of furan rings is 1. The number of thioether (sulfide) groups is 1. The van der Waals surface area contributed by atoms with Crippen LogP contribution in [-0.4, -0.2) is 35.4 Å². The summed E-state index contributed by atoms with van der Waals surface area (Å²) in [5, 5.41) is 2.32. The fourth-order valence-corrected chi connectivity index (χ4v) is 3.81. The minimum atomic E-state index is -0.0303. The highest BCUT2D eigenvalue weighted by atomic mass is 32.2. The van der Waals surface area contributed by atoms with Gasteiger partial charge in [-0.1, -0.05) is 30.3 Å². The Bertz CT molecular complexity index is 883. The van der Waals surface area contributed by atoms with Gasteiger partial charge in [0.15, 0.2) is 5.76 Å². The van der Waals surface area contributed by atoms with Crippen molar-refractivity contribution < 1.29 is 13.9 Å². The zero-order chi connectivity index (χ0) is 17.1. The van der Waals surface area contributed by atoms with Crippen LogP contribution in [0.4, 0.5) is 0 Å². The second kappa shape index (κ2) is 7.23. The van der Waals surface area contributed by atoms with Crippen LogP contribution in [0.3, 0.4) is 0 Å². The molecule has 0 unspecified atom stereocenters. The van der Waals surface area contributed by atoms with E-state index in [2.05, 4.69) is 12.1 Å². The zero-order valence-corrected chi connectivity index (χ0v) is 14.6. The monoisotopic (exact) mass is 353 g/mol. The van der Waals surface area contributed by atoms with Crippen LogP contribution in [0.25, 0.3) is 10.8 Å². The fourth-order valence-electron chi connectivity index (χ4n) is 2.90. The molecule has 2 aromatic carbocycles. The highest BCUT2D eigenvalue weighted by Crippen LogP contribution is 2.22. The number of hydrogen-bond donors (Lipinski definition) is 0. The van der Waals surface area contributed by atoms with Gasteiger partial charge >= 0.3 is 0 Å². The van der Waals surface area contributed by atoms with Gasteiger partial charge in [-0.2, -0.15) is 11.8 Å². The molecule has 0 aliphatic carbocycles. The van der Waals surface area contributed by atoms with Crippen LogP contribution in [0.2, 0.25) is 0 Å². The van der Waals surface area contributed by atoms with Crippen molar-refractivity contribution in [3.05, 3.63) is 66.1 Å². The Hall–Kier alpha value is -2.40.